The molecule has 338 valence electrons. The molecule has 0 unspecified atom stereocenters. The van der Waals surface area contributed by atoms with E-state index in [1.54, 1.807) is 0 Å². The van der Waals surface area contributed by atoms with E-state index in [0.717, 1.165) is 67.3 Å². The predicted octanol–water partition coefficient (Wildman–Crippen LogP) is 18.3. The van der Waals surface area contributed by atoms with Gasteiger partial charge in [-0.05, 0) is 122 Å². The van der Waals surface area contributed by atoms with Crippen LogP contribution in [0.4, 0.5) is 34.1 Å². The van der Waals surface area contributed by atoms with Crippen LogP contribution in [-0.4, -0.2) is 4.98 Å². The highest BCUT2D eigenvalue weighted by atomic mass is 16.3. The lowest BCUT2D eigenvalue weighted by Crippen LogP contribution is -2.29. The molecule has 0 saturated carbocycles. The molecule has 0 N–H and O–H groups in total. The number of rotatable bonds is 9. The summed E-state index contributed by atoms with van der Waals surface area (Å²) in [5.41, 5.74) is 16.5. The third-order valence-electron chi connectivity index (χ3n) is 14.7. The Bertz CT molecular complexity index is 4110. The summed E-state index contributed by atoms with van der Waals surface area (Å²) < 4.78 is 6.61. The van der Waals surface area contributed by atoms with Crippen LogP contribution in [0.15, 0.2) is 278 Å². The summed E-state index contributed by atoms with van der Waals surface area (Å²) in [5, 5.41) is 6.97. The molecule has 14 rings (SSSR count). The predicted molar refractivity (Wildman–Crippen MR) is 299 cm³/mol. The normalized spacial score (nSPS) is 12.6. The first-order chi connectivity index (χ1) is 35.7. The average molecular weight is 920 g/mol. The highest BCUT2D eigenvalue weighted by Crippen LogP contribution is 2.60. The van der Waals surface area contributed by atoms with Crippen molar-refractivity contribution in [3.8, 4) is 22.4 Å². The Balaban J connectivity index is 0.978. The van der Waals surface area contributed by atoms with Crippen LogP contribution in [0.25, 0.3) is 65.9 Å². The Morgan fingerprint density at radius 1 is 0.361 bits per heavy atom. The van der Waals surface area contributed by atoms with E-state index in [9.17, 15) is 0 Å². The third kappa shape index (κ3) is 6.50. The molecular formula is C68H45N3O. The molecule has 2 heterocycles. The van der Waals surface area contributed by atoms with Gasteiger partial charge in [0.15, 0.2) is 5.58 Å². The van der Waals surface area contributed by atoms with E-state index in [0.29, 0.717) is 0 Å². The number of pyridine rings is 1. The van der Waals surface area contributed by atoms with Crippen molar-refractivity contribution in [2.24, 2.45) is 0 Å². The molecule has 1 aliphatic carbocycles. The van der Waals surface area contributed by atoms with Crippen molar-refractivity contribution in [1.82, 2.24) is 4.98 Å². The number of fused-ring (bicyclic) bond motifs is 9. The van der Waals surface area contributed by atoms with Gasteiger partial charge in [-0.25, -0.2) is 0 Å². The van der Waals surface area contributed by atoms with Crippen molar-refractivity contribution < 1.29 is 4.42 Å². The van der Waals surface area contributed by atoms with Gasteiger partial charge in [0, 0.05) is 38.8 Å². The lowest BCUT2D eigenvalue weighted by atomic mass is 9.67. The van der Waals surface area contributed by atoms with Crippen molar-refractivity contribution in [1.29, 1.82) is 0 Å². The van der Waals surface area contributed by atoms with Crippen molar-refractivity contribution in [3.05, 3.63) is 295 Å². The van der Waals surface area contributed by atoms with Crippen LogP contribution in [0.3, 0.4) is 0 Å². The smallest absolute Gasteiger partial charge is 0.159 e. The van der Waals surface area contributed by atoms with Gasteiger partial charge in [0.05, 0.1) is 34.4 Å². The zero-order valence-electron chi connectivity index (χ0n) is 39.2. The van der Waals surface area contributed by atoms with Crippen molar-refractivity contribution in [3.63, 3.8) is 0 Å². The van der Waals surface area contributed by atoms with Gasteiger partial charge in [0.2, 0.25) is 0 Å². The second kappa shape index (κ2) is 16.9. The van der Waals surface area contributed by atoms with Crippen molar-refractivity contribution >= 4 is 77.6 Å². The SMILES string of the molecule is c1ccc(N(c2ccc3ccccc3c2)c2cc3c(c4ccccc24)-c2ccc(-c4ccc(N(c5ccccc5)c5cccc6c5oc5ccccc56)cn4)cc2C3(c2ccccc2)c2ccccc2)cc1. The fraction of sp³-hybridized carbons (Fsp3) is 0.0147. The minimum Gasteiger partial charge on any atom is -0.454 e. The van der Waals surface area contributed by atoms with Crippen LogP contribution in [0.2, 0.25) is 0 Å². The van der Waals surface area contributed by atoms with Crippen LogP contribution in [-0.2, 0) is 5.41 Å². The Hall–Kier alpha value is -9.51. The van der Waals surface area contributed by atoms with Crippen LogP contribution < -0.4 is 9.80 Å². The first kappa shape index (κ1) is 41.5. The fourth-order valence-electron chi connectivity index (χ4n) is 11.6. The van der Waals surface area contributed by atoms with E-state index in [-0.39, 0.29) is 0 Å². The molecule has 0 atom stereocenters. The molecule has 1 aliphatic rings. The summed E-state index contributed by atoms with van der Waals surface area (Å²) in [4.78, 5) is 10.0. The standard InChI is InChI=1S/C68H45N3O/c1-5-22-49(23-6-1)68(50-24-7-2-8-25-50)60-43-48(62-41-39-54(45-69-62)71(52-28-11-4-12-29-52)63-34-19-33-58-56-31-17-18-35-65(56)72-67(58)63)37-40-59(60)66-57-32-16-15-30-55(57)64(44-61(66)68)70(51-26-9-3-10-27-51)53-38-36-46-20-13-14-21-47(46)42-53/h1-45H. The summed E-state index contributed by atoms with van der Waals surface area (Å²) in [5.74, 6) is 0. The van der Waals surface area contributed by atoms with E-state index in [4.69, 9.17) is 9.40 Å². The van der Waals surface area contributed by atoms with E-state index in [1.807, 2.05) is 18.3 Å². The maximum absolute atomic E-state index is 6.61. The zero-order chi connectivity index (χ0) is 47.6. The molecule has 11 aromatic carbocycles. The van der Waals surface area contributed by atoms with E-state index in [2.05, 4.69) is 265 Å². The molecule has 13 aromatic rings. The summed E-state index contributed by atoms with van der Waals surface area (Å²) in [6.07, 6.45) is 2.00. The van der Waals surface area contributed by atoms with Crippen LogP contribution in [0.5, 0.6) is 0 Å². The minimum absolute atomic E-state index is 0.691. The summed E-state index contributed by atoms with van der Waals surface area (Å²) in [6, 6.07) is 96.4. The van der Waals surface area contributed by atoms with Gasteiger partial charge in [-0.1, -0.05) is 194 Å². The topological polar surface area (TPSA) is 32.5 Å². The maximum atomic E-state index is 6.61. The molecule has 2 aromatic heterocycles. The lowest BCUT2D eigenvalue weighted by molar-refractivity contribution is 0.669. The number of para-hydroxylation sites is 4. The average Bonchev–Trinajstić information content (AvgIpc) is 3.99. The lowest BCUT2D eigenvalue weighted by Gasteiger charge is -2.35. The Morgan fingerprint density at radius 2 is 0.944 bits per heavy atom. The molecule has 0 amide bonds. The van der Waals surface area contributed by atoms with E-state index in [1.165, 1.54) is 54.9 Å². The quantitative estimate of drug-likeness (QED) is 0.144. The highest BCUT2D eigenvalue weighted by Gasteiger charge is 2.47. The molecule has 0 bridgehead atoms. The first-order valence-corrected chi connectivity index (χ1v) is 24.6. The number of aromatic nitrogens is 1. The Kier molecular flexibility index (Phi) is 9.71. The zero-order valence-corrected chi connectivity index (χ0v) is 39.2. The molecule has 0 saturated heterocycles. The number of hydrogen-bond donors (Lipinski definition) is 0. The number of benzene rings is 11. The third-order valence-corrected chi connectivity index (χ3v) is 14.7. The fourth-order valence-corrected chi connectivity index (χ4v) is 11.6. The first-order valence-electron chi connectivity index (χ1n) is 24.6. The molecule has 72 heavy (non-hydrogen) atoms. The van der Waals surface area contributed by atoms with Gasteiger partial charge in [-0.3, -0.25) is 4.98 Å². The summed E-state index contributed by atoms with van der Waals surface area (Å²) in [7, 11) is 0. The molecule has 0 fully saturated rings. The molecule has 0 spiro atoms. The van der Waals surface area contributed by atoms with Gasteiger partial charge in [-0.15, -0.1) is 0 Å². The van der Waals surface area contributed by atoms with Crippen molar-refractivity contribution in [2.45, 2.75) is 5.41 Å². The van der Waals surface area contributed by atoms with Gasteiger partial charge in [0.1, 0.15) is 5.58 Å². The molecule has 0 aliphatic heterocycles. The molecule has 0 radical (unpaired) electrons. The molecule has 4 heteroatoms. The minimum atomic E-state index is -0.691. The van der Waals surface area contributed by atoms with E-state index < -0.39 is 5.41 Å². The number of furan rings is 1. The second-order valence-corrected chi connectivity index (χ2v) is 18.6. The Labute approximate surface area is 418 Å². The van der Waals surface area contributed by atoms with E-state index >= 15 is 0 Å². The number of hydrogen-bond acceptors (Lipinski definition) is 4. The van der Waals surface area contributed by atoms with Crippen molar-refractivity contribution in [2.75, 3.05) is 9.80 Å². The van der Waals surface area contributed by atoms with Crippen LogP contribution in [0, 0.1) is 0 Å². The van der Waals surface area contributed by atoms with Crippen LogP contribution in [0.1, 0.15) is 22.3 Å². The van der Waals surface area contributed by atoms with Crippen LogP contribution >= 0.6 is 0 Å². The molecule has 4 nitrogen and oxygen atoms in total. The number of anilines is 6. The highest BCUT2D eigenvalue weighted by molar-refractivity contribution is 6.12. The molecular weight excluding hydrogens is 875 g/mol. The van der Waals surface area contributed by atoms with Gasteiger partial charge >= 0.3 is 0 Å². The largest absolute Gasteiger partial charge is 0.454 e. The van der Waals surface area contributed by atoms with Gasteiger partial charge < -0.3 is 14.2 Å². The summed E-state index contributed by atoms with van der Waals surface area (Å²) >= 11 is 0. The summed E-state index contributed by atoms with van der Waals surface area (Å²) in [6.45, 7) is 0. The Morgan fingerprint density at radius 3 is 1.64 bits per heavy atom. The van der Waals surface area contributed by atoms with Gasteiger partial charge in [-0.2, -0.15) is 0 Å². The second-order valence-electron chi connectivity index (χ2n) is 18.6. The number of nitrogens with zero attached hydrogens (tertiary/aromatic N) is 3. The van der Waals surface area contributed by atoms with Gasteiger partial charge in [0.25, 0.3) is 0 Å². The maximum Gasteiger partial charge on any atom is 0.159 e. The monoisotopic (exact) mass is 919 g/mol.